The van der Waals surface area contributed by atoms with Crippen molar-refractivity contribution in [2.75, 3.05) is 26.7 Å². The molecule has 0 aliphatic rings. The van der Waals surface area contributed by atoms with E-state index in [4.69, 9.17) is 11.2 Å². The van der Waals surface area contributed by atoms with Crippen LogP contribution in [0.1, 0.15) is 0 Å². The van der Waals surface area contributed by atoms with Crippen molar-refractivity contribution in [2.24, 2.45) is 4.99 Å². The van der Waals surface area contributed by atoms with Gasteiger partial charge in [-0.25, -0.2) is 0 Å². The van der Waals surface area contributed by atoms with E-state index in [1.807, 2.05) is 24.3 Å². The molecule has 1 rings (SSSR count). The van der Waals surface area contributed by atoms with E-state index in [-0.39, 0.29) is 0 Å². The number of rotatable bonds is 5. The zero-order chi connectivity index (χ0) is 13.2. The maximum atomic E-state index is 5.55. The Kier molecular flexibility index (Phi) is 6.74. The second kappa shape index (κ2) is 8.43. The van der Waals surface area contributed by atoms with Crippen LogP contribution in [0.2, 0.25) is 0 Å². The maximum Gasteiger partial charge on any atom is 0.191 e. The molecule has 0 heterocycles. The van der Waals surface area contributed by atoms with Crippen molar-refractivity contribution in [1.82, 2.24) is 10.6 Å². The highest BCUT2D eigenvalue weighted by molar-refractivity contribution is 9.10. The van der Waals surface area contributed by atoms with E-state index in [0.29, 0.717) is 25.7 Å². The number of guanidine groups is 1. The van der Waals surface area contributed by atoms with Crippen LogP contribution < -0.4 is 15.4 Å². The Labute approximate surface area is 116 Å². The fourth-order valence-electron chi connectivity index (χ4n) is 1.22. The highest BCUT2D eigenvalue weighted by Gasteiger charge is 1.96. The van der Waals surface area contributed by atoms with E-state index >= 15 is 0 Å². The van der Waals surface area contributed by atoms with Crippen LogP contribution in [0.15, 0.2) is 33.7 Å². The summed E-state index contributed by atoms with van der Waals surface area (Å²) in [7, 11) is 1.70. The Bertz CT molecular complexity index is 423. The Balaban J connectivity index is 2.22. The lowest BCUT2D eigenvalue weighted by Gasteiger charge is -2.10. The van der Waals surface area contributed by atoms with Crippen LogP contribution in [0, 0.1) is 12.3 Å². The lowest BCUT2D eigenvalue weighted by Crippen LogP contribution is -2.39. The van der Waals surface area contributed by atoms with Gasteiger partial charge in [-0.2, -0.15) is 0 Å². The van der Waals surface area contributed by atoms with Gasteiger partial charge in [-0.3, -0.25) is 4.99 Å². The molecule has 0 aromatic heterocycles. The number of aliphatic imine (C=N–C) groups is 1. The zero-order valence-corrected chi connectivity index (χ0v) is 11.8. The summed E-state index contributed by atoms with van der Waals surface area (Å²) in [6, 6.07) is 7.71. The first-order valence-corrected chi connectivity index (χ1v) is 6.32. The minimum Gasteiger partial charge on any atom is -0.492 e. The number of hydrogen-bond acceptors (Lipinski definition) is 2. The molecule has 0 fully saturated rings. The molecule has 0 unspecified atom stereocenters. The quantitative estimate of drug-likeness (QED) is 0.376. The molecule has 0 aliphatic carbocycles. The van der Waals surface area contributed by atoms with Crippen molar-refractivity contribution in [3.05, 3.63) is 28.7 Å². The molecule has 1 aromatic rings. The minimum atomic E-state index is 0.452. The number of hydrogen-bond donors (Lipinski definition) is 2. The summed E-state index contributed by atoms with van der Waals surface area (Å²) >= 11 is 3.37. The van der Waals surface area contributed by atoms with Crippen molar-refractivity contribution in [3.8, 4) is 18.1 Å². The smallest absolute Gasteiger partial charge is 0.191 e. The molecule has 96 valence electrons. The van der Waals surface area contributed by atoms with Gasteiger partial charge in [-0.15, -0.1) is 6.42 Å². The summed E-state index contributed by atoms with van der Waals surface area (Å²) in [5.74, 6) is 4.00. The third kappa shape index (κ3) is 5.60. The first kappa shape index (κ1) is 14.4. The molecule has 0 amide bonds. The molecule has 0 saturated heterocycles. The summed E-state index contributed by atoms with van der Waals surface area (Å²) < 4.78 is 6.59. The van der Waals surface area contributed by atoms with Crippen LogP contribution in [0.5, 0.6) is 5.75 Å². The molecule has 5 heteroatoms. The summed E-state index contributed by atoms with van der Waals surface area (Å²) in [5, 5.41) is 6.06. The number of nitrogens with one attached hydrogen (secondary N) is 2. The molecule has 0 spiro atoms. The van der Waals surface area contributed by atoms with Crippen LogP contribution in [0.4, 0.5) is 0 Å². The van der Waals surface area contributed by atoms with Crippen molar-refractivity contribution >= 4 is 21.9 Å². The average Bonchev–Trinajstić information content (AvgIpc) is 2.40. The lowest BCUT2D eigenvalue weighted by molar-refractivity contribution is 0.322. The third-order valence-electron chi connectivity index (χ3n) is 2.06. The largest absolute Gasteiger partial charge is 0.492 e. The number of nitrogens with zero attached hydrogens (tertiary/aromatic N) is 1. The molecule has 0 radical (unpaired) electrons. The van der Waals surface area contributed by atoms with Gasteiger partial charge < -0.3 is 15.4 Å². The second-order valence-corrected chi connectivity index (χ2v) is 4.27. The van der Waals surface area contributed by atoms with E-state index in [0.717, 1.165) is 10.2 Å². The fraction of sp³-hybridized carbons (Fsp3) is 0.308. The van der Waals surface area contributed by atoms with Gasteiger partial charge in [-0.1, -0.05) is 21.9 Å². The first-order valence-electron chi connectivity index (χ1n) is 5.52. The average molecular weight is 310 g/mol. The van der Waals surface area contributed by atoms with Gasteiger partial charge in [0.25, 0.3) is 0 Å². The first-order chi connectivity index (χ1) is 8.76. The van der Waals surface area contributed by atoms with Crippen LogP contribution in [0.3, 0.4) is 0 Å². The Hall–Kier alpha value is -1.67. The number of benzene rings is 1. The van der Waals surface area contributed by atoms with Gasteiger partial charge in [0.2, 0.25) is 0 Å². The normalized spacial score (nSPS) is 10.6. The van der Waals surface area contributed by atoms with Gasteiger partial charge in [0.1, 0.15) is 12.4 Å². The lowest BCUT2D eigenvalue weighted by atomic mass is 10.3. The van der Waals surface area contributed by atoms with Gasteiger partial charge in [0.05, 0.1) is 13.1 Å². The molecule has 4 nitrogen and oxygen atoms in total. The maximum absolute atomic E-state index is 5.55. The van der Waals surface area contributed by atoms with E-state index in [1.165, 1.54) is 0 Å². The van der Waals surface area contributed by atoms with Gasteiger partial charge >= 0.3 is 0 Å². The number of ether oxygens (including phenoxy) is 1. The van der Waals surface area contributed by atoms with Crippen molar-refractivity contribution in [2.45, 2.75) is 0 Å². The van der Waals surface area contributed by atoms with Crippen LogP contribution in [-0.2, 0) is 0 Å². The predicted octanol–water partition coefficient (Wildman–Crippen LogP) is 1.63. The molecule has 0 saturated carbocycles. The SMILES string of the molecule is C#CCNC(=NC)NCCOc1ccc(Br)cc1. The summed E-state index contributed by atoms with van der Waals surface area (Å²) in [6.45, 7) is 1.66. The van der Waals surface area contributed by atoms with Crippen LogP contribution in [-0.4, -0.2) is 32.7 Å². The van der Waals surface area contributed by atoms with Crippen molar-refractivity contribution in [3.63, 3.8) is 0 Å². The molecule has 18 heavy (non-hydrogen) atoms. The Morgan fingerprint density at radius 1 is 1.39 bits per heavy atom. The number of terminal acetylenes is 1. The minimum absolute atomic E-state index is 0.452. The van der Waals surface area contributed by atoms with E-state index in [9.17, 15) is 0 Å². The molecular formula is C13H16BrN3O. The van der Waals surface area contributed by atoms with E-state index < -0.39 is 0 Å². The summed E-state index contributed by atoms with van der Waals surface area (Å²) in [5.41, 5.74) is 0. The molecule has 0 bridgehead atoms. The zero-order valence-electron chi connectivity index (χ0n) is 10.2. The molecule has 0 atom stereocenters. The Morgan fingerprint density at radius 3 is 2.72 bits per heavy atom. The van der Waals surface area contributed by atoms with E-state index in [1.54, 1.807) is 7.05 Å². The van der Waals surface area contributed by atoms with Crippen molar-refractivity contribution in [1.29, 1.82) is 0 Å². The van der Waals surface area contributed by atoms with E-state index in [2.05, 4.69) is 37.5 Å². The van der Waals surface area contributed by atoms with Crippen LogP contribution >= 0.6 is 15.9 Å². The Morgan fingerprint density at radius 2 is 2.11 bits per heavy atom. The highest BCUT2D eigenvalue weighted by Crippen LogP contribution is 2.15. The fourth-order valence-corrected chi connectivity index (χ4v) is 1.49. The van der Waals surface area contributed by atoms with Gasteiger partial charge in [0.15, 0.2) is 5.96 Å². The summed E-state index contributed by atoms with van der Waals surface area (Å²) in [4.78, 5) is 4.02. The molecule has 1 aromatic carbocycles. The van der Waals surface area contributed by atoms with Gasteiger partial charge in [0, 0.05) is 11.5 Å². The predicted molar refractivity (Wildman–Crippen MR) is 77.8 cm³/mol. The summed E-state index contributed by atoms with van der Waals surface area (Å²) in [6.07, 6.45) is 5.15. The number of halogens is 1. The standard InChI is InChI=1S/C13H16BrN3O/c1-3-8-16-13(15-2)17-9-10-18-12-6-4-11(14)5-7-12/h1,4-7H,8-10H2,2H3,(H2,15,16,17). The third-order valence-corrected chi connectivity index (χ3v) is 2.59. The molecule has 2 N–H and O–H groups in total. The van der Waals surface area contributed by atoms with Crippen LogP contribution in [0.25, 0.3) is 0 Å². The highest BCUT2D eigenvalue weighted by atomic mass is 79.9. The topological polar surface area (TPSA) is 45.7 Å². The monoisotopic (exact) mass is 309 g/mol. The molecular weight excluding hydrogens is 294 g/mol. The van der Waals surface area contributed by atoms with Gasteiger partial charge in [-0.05, 0) is 24.3 Å². The second-order valence-electron chi connectivity index (χ2n) is 3.36. The van der Waals surface area contributed by atoms with Crippen molar-refractivity contribution < 1.29 is 4.74 Å². The molecule has 0 aliphatic heterocycles.